The quantitative estimate of drug-likeness (QED) is 0.162. The summed E-state index contributed by atoms with van der Waals surface area (Å²) in [4.78, 5) is 72.4. The van der Waals surface area contributed by atoms with Crippen LogP contribution in [0, 0.1) is 29.1 Å². The Balaban J connectivity index is 1.17. The maximum Gasteiger partial charge on any atom is 0.241 e. The molecule has 238 valence electrons. The lowest BCUT2D eigenvalue weighted by molar-refractivity contribution is -0.131. The number of imide groups is 2. The Labute approximate surface area is 277 Å². The molecule has 4 aliphatic rings. The maximum absolute atomic E-state index is 14.4. The van der Waals surface area contributed by atoms with Gasteiger partial charge >= 0.3 is 0 Å². The van der Waals surface area contributed by atoms with Crippen molar-refractivity contribution in [3.63, 3.8) is 0 Å². The first-order chi connectivity index (χ1) is 23.2. The van der Waals surface area contributed by atoms with Gasteiger partial charge in [-0.2, -0.15) is 0 Å². The molecule has 2 saturated heterocycles. The number of allylic oxidation sites excluding steroid dienone is 2. The number of hydrogen-bond acceptors (Lipinski definition) is 6. The minimum absolute atomic E-state index is 0.0354. The average Bonchev–Trinajstić information content (AvgIpc) is 3.48. The highest BCUT2D eigenvalue weighted by Crippen LogP contribution is 2.63. The number of benzene rings is 4. The van der Waals surface area contributed by atoms with Crippen molar-refractivity contribution in [1.82, 2.24) is 0 Å². The summed E-state index contributed by atoms with van der Waals surface area (Å²) in [6, 6.07) is 31.0. The van der Waals surface area contributed by atoms with Crippen LogP contribution in [0.3, 0.4) is 0 Å². The number of anilines is 2. The van der Waals surface area contributed by atoms with Crippen LogP contribution >= 0.6 is 0 Å². The number of amides is 4. The molecule has 0 spiro atoms. The molecule has 6 atom stereocenters. The molecular weight excluding hydrogens is 604 g/mol. The van der Waals surface area contributed by atoms with E-state index in [-0.39, 0.29) is 41.6 Å². The molecule has 3 fully saturated rings. The highest BCUT2D eigenvalue weighted by atomic mass is 16.3. The van der Waals surface area contributed by atoms with Crippen LogP contribution in [-0.4, -0.2) is 34.5 Å². The average molecular weight is 637 g/mol. The molecule has 8 heteroatoms. The summed E-state index contributed by atoms with van der Waals surface area (Å²) in [6.45, 7) is 1.82. The lowest BCUT2D eigenvalue weighted by atomic mass is 9.51. The minimum atomic E-state index is -1.18. The molecular formula is C40H32N2O6. The van der Waals surface area contributed by atoms with E-state index in [0.29, 0.717) is 34.5 Å². The number of carbonyl (C=O) groups excluding carboxylic acids is 5. The van der Waals surface area contributed by atoms with Gasteiger partial charge in [0.2, 0.25) is 23.6 Å². The van der Waals surface area contributed by atoms with Gasteiger partial charge in [-0.05, 0) is 79.8 Å². The lowest BCUT2D eigenvalue weighted by Gasteiger charge is -2.49. The van der Waals surface area contributed by atoms with Gasteiger partial charge in [0.05, 0.1) is 34.5 Å². The summed E-state index contributed by atoms with van der Waals surface area (Å²) >= 11 is 0. The Morgan fingerprint density at radius 2 is 1.35 bits per heavy atom. The van der Waals surface area contributed by atoms with Crippen LogP contribution in [-0.2, 0) is 19.2 Å². The number of aromatic hydroxyl groups is 1. The predicted molar refractivity (Wildman–Crippen MR) is 178 cm³/mol. The molecule has 2 aliphatic carbocycles. The fourth-order valence-corrected chi connectivity index (χ4v) is 8.70. The van der Waals surface area contributed by atoms with Crippen molar-refractivity contribution in [3.05, 3.63) is 138 Å². The van der Waals surface area contributed by atoms with E-state index in [2.05, 4.69) is 0 Å². The number of hydrogen-bond donors (Lipinski definition) is 1. The summed E-state index contributed by atoms with van der Waals surface area (Å²) in [5.74, 6) is -4.60. The Bertz CT molecular complexity index is 2040. The van der Waals surface area contributed by atoms with E-state index in [1.54, 1.807) is 91.0 Å². The lowest BCUT2D eigenvalue weighted by Crippen LogP contribution is -2.48. The largest absolute Gasteiger partial charge is 0.508 e. The van der Waals surface area contributed by atoms with Gasteiger partial charge in [-0.1, -0.05) is 72.3 Å². The zero-order chi connectivity index (χ0) is 33.3. The summed E-state index contributed by atoms with van der Waals surface area (Å²) in [5.41, 5.74) is 2.21. The van der Waals surface area contributed by atoms with Crippen molar-refractivity contribution in [2.45, 2.75) is 25.7 Å². The molecule has 4 amide bonds. The van der Waals surface area contributed by atoms with Gasteiger partial charge in [-0.3, -0.25) is 28.9 Å². The van der Waals surface area contributed by atoms with Crippen LogP contribution in [0.15, 0.2) is 121 Å². The van der Waals surface area contributed by atoms with E-state index in [9.17, 15) is 29.1 Å². The maximum atomic E-state index is 14.4. The third-order valence-corrected chi connectivity index (χ3v) is 10.9. The monoisotopic (exact) mass is 636 g/mol. The van der Waals surface area contributed by atoms with Crippen LogP contribution in [0.4, 0.5) is 11.4 Å². The second kappa shape index (κ2) is 11.0. The fourth-order valence-electron chi connectivity index (χ4n) is 8.70. The SMILES string of the molecule is C[C@@]12C(=O)N(c3ccccc3)C(=O)[C@@H]1C[C@@H]1C(=CC[C@@H]3C(=O)N(c4ccc(C(=O)c5ccccc5)cc4)C(=O)[C@@H]31)[C@@H]2c1cccc(O)c1. The first-order valence-electron chi connectivity index (χ1n) is 16.2. The predicted octanol–water partition coefficient (Wildman–Crippen LogP) is 6.06. The van der Waals surface area contributed by atoms with E-state index in [1.807, 2.05) is 31.2 Å². The van der Waals surface area contributed by atoms with Crippen molar-refractivity contribution in [2.24, 2.45) is 29.1 Å². The van der Waals surface area contributed by atoms with Crippen LogP contribution in [0.1, 0.15) is 47.2 Å². The fraction of sp³-hybridized carbons (Fsp3) is 0.225. The van der Waals surface area contributed by atoms with E-state index in [1.165, 1.54) is 9.80 Å². The van der Waals surface area contributed by atoms with Crippen molar-refractivity contribution in [2.75, 3.05) is 9.80 Å². The van der Waals surface area contributed by atoms with Gasteiger partial charge in [0.15, 0.2) is 5.78 Å². The minimum Gasteiger partial charge on any atom is -0.508 e. The van der Waals surface area contributed by atoms with Gasteiger partial charge < -0.3 is 5.11 Å². The molecule has 2 heterocycles. The third kappa shape index (κ3) is 4.25. The number of phenols is 1. The van der Waals surface area contributed by atoms with E-state index >= 15 is 0 Å². The Morgan fingerprint density at radius 3 is 2.04 bits per heavy atom. The first kappa shape index (κ1) is 29.8. The molecule has 0 aromatic heterocycles. The third-order valence-electron chi connectivity index (χ3n) is 10.9. The Hall–Kier alpha value is -5.63. The van der Waals surface area contributed by atoms with Gasteiger partial charge in [-0.15, -0.1) is 0 Å². The van der Waals surface area contributed by atoms with E-state index in [4.69, 9.17) is 0 Å². The van der Waals surface area contributed by atoms with Gasteiger partial charge in [-0.25, -0.2) is 4.90 Å². The highest BCUT2D eigenvalue weighted by molar-refractivity contribution is 6.25. The molecule has 8 nitrogen and oxygen atoms in total. The topological polar surface area (TPSA) is 112 Å². The summed E-state index contributed by atoms with van der Waals surface area (Å²) < 4.78 is 0. The summed E-state index contributed by atoms with van der Waals surface area (Å²) in [7, 11) is 0. The normalized spacial score (nSPS) is 27.8. The molecule has 2 aliphatic heterocycles. The molecule has 4 aromatic rings. The zero-order valence-corrected chi connectivity index (χ0v) is 26.2. The molecule has 1 saturated carbocycles. The number of ketones is 1. The molecule has 48 heavy (non-hydrogen) atoms. The highest BCUT2D eigenvalue weighted by Gasteiger charge is 2.67. The smallest absolute Gasteiger partial charge is 0.241 e. The van der Waals surface area contributed by atoms with Crippen molar-refractivity contribution in [3.8, 4) is 5.75 Å². The number of phenolic OH excluding ortho intramolecular Hbond substituents is 1. The van der Waals surface area contributed by atoms with Crippen LogP contribution in [0.2, 0.25) is 0 Å². The number of carbonyl (C=O) groups is 5. The van der Waals surface area contributed by atoms with Crippen LogP contribution < -0.4 is 9.80 Å². The zero-order valence-electron chi connectivity index (χ0n) is 26.2. The first-order valence-corrected chi connectivity index (χ1v) is 16.2. The molecule has 0 radical (unpaired) electrons. The molecule has 1 N–H and O–H groups in total. The van der Waals surface area contributed by atoms with Crippen molar-refractivity contribution < 1.29 is 29.1 Å². The van der Waals surface area contributed by atoms with Crippen LogP contribution in [0.5, 0.6) is 5.75 Å². The molecule has 4 aromatic carbocycles. The van der Waals surface area contributed by atoms with Gasteiger partial charge in [0.1, 0.15) is 5.75 Å². The van der Waals surface area contributed by atoms with Gasteiger partial charge in [0, 0.05) is 17.0 Å². The molecule has 8 rings (SSSR count). The Morgan fingerprint density at radius 1 is 0.708 bits per heavy atom. The number of nitrogens with zero attached hydrogens (tertiary/aromatic N) is 2. The van der Waals surface area contributed by atoms with E-state index in [0.717, 1.165) is 5.57 Å². The second-order valence-electron chi connectivity index (χ2n) is 13.3. The molecule has 0 bridgehead atoms. The number of para-hydroxylation sites is 1. The Kier molecular flexibility index (Phi) is 6.80. The molecule has 0 unspecified atom stereocenters. The second-order valence-corrected chi connectivity index (χ2v) is 13.3. The summed E-state index contributed by atoms with van der Waals surface area (Å²) in [5, 5.41) is 10.5. The van der Waals surface area contributed by atoms with E-state index < -0.39 is 35.0 Å². The number of fused-ring (bicyclic) bond motifs is 4. The standard InChI is InChI=1S/C40H32N2O6/c1-40-32(37(46)42(39(40)48)26-12-6-3-7-13-26)22-31-29(34(40)25-11-8-14-28(43)21-25)19-20-30-33(31)38(47)41(36(30)45)27-17-15-24(16-18-27)35(44)23-9-4-2-5-10-23/h2-19,21,30-34,43H,20,22H2,1H3/t30-,31+,32-,33-,34-,40+/m0/s1. The number of rotatable bonds is 5. The van der Waals surface area contributed by atoms with Crippen molar-refractivity contribution in [1.29, 1.82) is 0 Å². The van der Waals surface area contributed by atoms with Crippen LogP contribution in [0.25, 0.3) is 0 Å². The van der Waals surface area contributed by atoms with Gasteiger partial charge in [0.25, 0.3) is 0 Å². The summed E-state index contributed by atoms with van der Waals surface area (Å²) in [6.07, 6.45) is 2.54. The van der Waals surface area contributed by atoms with Crippen molar-refractivity contribution >= 4 is 40.8 Å².